The molecule has 2 heteroatoms. The topological polar surface area (TPSA) is 37.3 Å². The van der Waals surface area contributed by atoms with Gasteiger partial charge in [-0.25, -0.2) is 0 Å². The van der Waals surface area contributed by atoms with E-state index in [1.807, 2.05) is 13.8 Å². The van der Waals surface area contributed by atoms with Gasteiger partial charge in [-0.3, -0.25) is 4.79 Å². The van der Waals surface area contributed by atoms with Gasteiger partial charge in [0.05, 0.1) is 0 Å². The molecule has 0 bridgehead atoms. The van der Waals surface area contributed by atoms with E-state index in [-0.39, 0.29) is 6.42 Å². The first kappa shape index (κ1) is 11.8. The highest BCUT2D eigenvalue weighted by Gasteiger charge is 1.96. The summed E-state index contributed by atoms with van der Waals surface area (Å²) in [7, 11) is 0. The lowest BCUT2D eigenvalue weighted by atomic mass is 10.1. The van der Waals surface area contributed by atoms with Gasteiger partial charge < -0.3 is 5.11 Å². The first-order valence-electron chi connectivity index (χ1n) is 4.44. The molecule has 1 N–H and O–H groups in total. The van der Waals surface area contributed by atoms with Crippen molar-refractivity contribution in [1.82, 2.24) is 0 Å². The Morgan fingerprint density at radius 1 is 1.46 bits per heavy atom. The molecule has 0 fully saturated rings. The molecule has 0 radical (unpaired) electrons. The Kier molecular flexibility index (Phi) is 6.72. The molecule has 0 unspecified atom stereocenters. The Hall–Kier alpha value is -1.23. The first-order valence-corrected chi connectivity index (χ1v) is 4.44. The largest absolute Gasteiger partial charge is 0.481 e. The van der Waals surface area contributed by atoms with E-state index in [9.17, 15) is 4.79 Å². The minimum atomic E-state index is -0.735. The van der Waals surface area contributed by atoms with Gasteiger partial charge in [0.15, 0.2) is 0 Å². The fraction of sp³-hybridized carbons (Fsp3) is 0.545. The summed E-state index contributed by atoms with van der Waals surface area (Å²) in [6.45, 7) is 3.78. The summed E-state index contributed by atoms with van der Waals surface area (Å²) >= 11 is 0. The van der Waals surface area contributed by atoms with Gasteiger partial charge in [-0.1, -0.05) is 11.6 Å². The SMILES string of the molecule is CC#CCCC=C(C)CCC(=O)O. The van der Waals surface area contributed by atoms with Gasteiger partial charge >= 0.3 is 5.97 Å². The van der Waals surface area contributed by atoms with Crippen LogP contribution in [0.2, 0.25) is 0 Å². The second-order valence-electron chi connectivity index (χ2n) is 2.91. The van der Waals surface area contributed by atoms with Crippen molar-refractivity contribution in [3.05, 3.63) is 11.6 Å². The van der Waals surface area contributed by atoms with E-state index < -0.39 is 5.97 Å². The average Bonchev–Trinajstić information content (AvgIpc) is 2.09. The van der Waals surface area contributed by atoms with Crippen LogP contribution in [0.25, 0.3) is 0 Å². The quantitative estimate of drug-likeness (QED) is 0.401. The molecule has 0 rings (SSSR count). The normalized spacial score (nSPS) is 10.5. The molecule has 0 saturated heterocycles. The van der Waals surface area contributed by atoms with Crippen molar-refractivity contribution < 1.29 is 9.90 Å². The first-order chi connectivity index (χ1) is 6.16. The monoisotopic (exact) mass is 180 g/mol. The predicted octanol–water partition coefficient (Wildman–Crippen LogP) is 2.60. The molecule has 2 nitrogen and oxygen atoms in total. The van der Waals surface area contributed by atoms with Gasteiger partial charge in [0.25, 0.3) is 0 Å². The Bertz CT molecular complexity index is 241. The van der Waals surface area contributed by atoms with Crippen molar-refractivity contribution in [3.63, 3.8) is 0 Å². The highest BCUT2D eigenvalue weighted by atomic mass is 16.4. The molecular formula is C11H16O2. The van der Waals surface area contributed by atoms with E-state index in [0.717, 1.165) is 18.4 Å². The van der Waals surface area contributed by atoms with Crippen LogP contribution in [0.1, 0.15) is 39.5 Å². The molecule has 0 spiro atoms. The fourth-order valence-electron chi connectivity index (χ4n) is 0.922. The van der Waals surface area contributed by atoms with Gasteiger partial charge in [0, 0.05) is 12.8 Å². The lowest BCUT2D eigenvalue weighted by Gasteiger charge is -1.96. The van der Waals surface area contributed by atoms with E-state index >= 15 is 0 Å². The van der Waals surface area contributed by atoms with Crippen molar-refractivity contribution in [2.24, 2.45) is 0 Å². The molecule has 0 saturated carbocycles. The van der Waals surface area contributed by atoms with Gasteiger partial charge in [-0.05, 0) is 26.7 Å². The Labute approximate surface area is 79.7 Å². The average molecular weight is 180 g/mol. The van der Waals surface area contributed by atoms with Crippen LogP contribution in [0.3, 0.4) is 0 Å². The second kappa shape index (κ2) is 7.42. The summed E-state index contributed by atoms with van der Waals surface area (Å²) in [4.78, 5) is 10.2. The number of allylic oxidation sites excluding steroid dienone is 2. The fourth-order valence-corrected chi connectivity index (χ4v) is 0.922. The zero-order valence-electron chi connectivity index (χ0n) is 8.26. The van der Waals surface area contributed by atoms with Gasteiger partial charge in [0.2, 0.25) is 0 Å². The standard InChI is InChI=1S/C11H16O2/c1-3-4-5-6-7-10(2)8-9-11(12)13/h7H,5-6,8-9H2,1-2H3,(H,12,13). The molecule has 0 aromatic rings. The Morgan fingerprint density at radius 2 is 2.15 bits per heavy atom. The van der Waals surface area contributed by atoms with Crippen molar-refractivity contribution in [2.75, 3.05) is 0 Å². The van der Waals surface area contributed by atoms with Crippen molar-refractivity contribution >= 4 is 5.97 Å². The zero-order chi connectivity index (χ0) is 10.1. The van der Waals surface area contributed by atoms with Crippen LogP contribution in [-0.2, 0) is 4.79 Å². The molecule has 72 valence electrons. The third-order valence-corrected chi connectivity index (χ3v) is 1.67. The van der Waals surface area contributed by atoms with E-state index in [1.165, 1.54) is 0 Å². The predicted molar refractivity (Wildman–Crippen MR) is 53.3 cm³/mol. The third kappa shape index (κ3) is 8.68. The molecule has 0 aliphatic heterocycles. The van der Waals surface area contributed by atoms with Crippen LogP contribution in [0, 0.1) is 11.8 Å². The number of unbranched alkanes of at least 4 members (excludes halogenated alkanes) is 1. The molecule has 0 aliphatic rings. The number of carbonyl (C=O) groups is 1. The highest BCUT2D eigenvalue weighted by Crippen LogP contribution is 2.05. The molecule has 0 atom stereocenters. The summed E-state index contributed by atoms with van der Waals surface area (Å²) in [5.74, 6) is 5.04. The van der Waals surface area contributed by atoms with Gasteiger partial charge in [-0.15, -0.1) is 11.8 Å². The number of carboxylic acid groups (broad SMARTS) is 1. The zero-order valence-corrected chi connectivity index (χ0v) is 8.26. The van der Waals surface area contributed by atoms with Crippen LogP contribution in [0.4, 0.5) is 0 Å². The molecule has 0 heterocycles. The van der Waals surface area contributed by atoms with Crippen LogP contribution < -0.4 is 0 Å². The number of carboxylic acids is 1. The van der Waals surface area contributed by atoms with Crippen LogP contribution >= 0.6 is 0 Å². The molecule has 0 aromatic heterocycles. The Balaban J connectivity index is 3.60. The molecule has 0 aliphatic carbocycles. The third-order valence-electron chi connectivity index (χ3n) is 1.67. The minimum Gasteiger partial charge on any atom is -0.481 e. The molecule has 0 amide bonds. The maximum absolute atomic E-state index is 10.2. The molecule has 13 heavy (non-hydrogen) atoms. The summed E-state index contributed by atoms with van der Waals surface area (Å²) < 4.78 is 0. The van der Waals surface area contributed by atoms with E-state index in [1.54, 1.807) is 0 Å². The summed E-state index contributed by atoms with van der Waals surface area (Å²) in [6.07, 6.45) is 4.72. The highest BCUT2D eigenvalue weighted by molar-refractivity contribution is 5.66. The van der Waals surface area contributed by atoms with E-state index in [2.05, 4.69) is 17.9 Å². The van der Waals surface area contributed by atoms with Crippen LogP contribution in [-0.4, -0.2) is 11.1 Å². The maximum Gasteiger partial charge on any atom is 0.303 e. The van der Waals surface area contributed by atoms with Crippen LogP contribution in [0.5, 0.6) is 0 Å². The summed E-state index contributed by atoms with van der Waals surface area (Å²) in [5.41, 5.74) is 1.14. The number of rotatable bonds is 5. The van der Waals surface area contributed by atoms with E-state index in [0.29, 0.717) is 6.42 Å². The smallest absolute Gasteiger partial charge is 0.303 e. The maximum atomic E-state index is 10.2. The lowest BCUT2D eigenvalue weighted by molar-refractivity contribution is -0.136. The molecular weight excluding hydrogens is 164 g/mol. The number of hydrogen-bond donors (Lipinski definition) is 1. The van der Waals surface area contributed by atoms with Crippen molar-refractivity contribution in [2.45, 2.75) is 39.5 Å². The second-order valence-corrected chi connectivity index (χ2v) is 2.91. The molecule has 0 aromatic carbocycles. The Morgan fingerprint density at radius 3 is 2.69 bits per heavy atom. The number of aliphatic carboxylic acids is 1. The lowest BCUT2D eigenvalue weighted by Crippen LogP contribution is -1.94. The minimum absolute atomic E-state index is 0.224. The van der Waals surface area contributed by atoms with Crippen molar-refractivity contribution in [3.8, 4) is 11.8 Å². The van der Waals surface area contributed by atoms with Crippen molar-refractivity contribution in [1.29, 1.82) is 0 Å². The van der Waals surface area contributed by atoms with Gasteiger partial charge in [0.1, 0.15) is 0 Å². The van der Waals surface area contributed by atoms with Gasteiger partial charge in [-0.2, -0.15) is 0 Å². The van der Waals surface area contributed by atoms with E-state index in [4.69, 9.17) is 5.11 Å². The summed E-state index contributed by atoms with van der Waals surface area (Å²) in [5, 5.41) is 8.42. The summed E-state index contributed by atoms with van der Waals surface area (Å²) in [6, 6.07) is 0. The number of hydrogen-bond acceptors (Lipinski definition) is 1. The van der Waals surface area contributed by atoms with Crippen LogP contribution in [0.15, 0.2) is 11.6 Å².